The van der Waals surface area contributed by atoms with Crippen LogP contribution in [0.25, 0.3) is 0 Å². The summed E-state index contributed by atoms with van der Waals surface area (Å²) in [5, 5.41) is 1.58. The molecule has 2 aliphatic rings. The van der Waals surface area contributed by atoms with Crippen LogP contribution in [0.1, 0.15) is 53.9 Å². The van der Waals surface area contributed by atoms with Crippen LogP contribution in [0.4, 0.5) is 0 Å². The fraction of sp³-hybridized carbons (Fsp3) is 0.750. The average Bonchev–Trinajstić information content (AvgIpc) is 2.82. The maximum absolute atomic E-state index is 6.52. The van der Waals surface area contributed by atoms with Crippen molar-refractivity contribution in [2.75, 3.05) is 0 Å². The summed E-state index contributed by atoms with van der Waals surface area (Å²) in [7, 11) is -2.23. The van der Waals surface area contributed by atoms with Gasteiger partial charge in [-0.2, -0.15) is 0 Å². The molecule has 0 aliphatic carbocycles. The van der Waals surface area contributed by atoms with Gasteiger partial charge in [-0.3, -0.25) is 0 Å². The van der Waals surface area contributed by atoms with E-state index < -0.39 is 8.56 Å². The third-order valence-corrected chi connectivity index (χ3v) is 8.82. The zero-order chi connectivity index (χ0) is 14.3. The Hall–Kier alpha value is -0.383. The van der Waals surface area contributed by atoms with Crippen LogP contribution in [0.3, 0.4) is 0 Å². The normalized spacial score (nSPS) is 35.9. The first-order valence-corrected chi connectivity index (χ1v) is 9.35. The molecule has 0 amide bonds. The van der Waals surface area contributed by atoms with Crippen LogP contribution in [0.5, 0.6) is 0 Å². The molecule has 0 aromatic carbocycles. The van der Waals surface area contributed by atoms with Gasteiger partial charge in [0, 0.05) is 11.0 Å². The summed E-state index contributed by atoms with van der Waals surface area (Å²) < 4.78 is 13.0. The molecule has 4 atom stereocenters. The molecular formula is C16H28O2Si. The molecular weight excluding hydrogens is 252 g/mol. The van der Waals surface area contributed by atoms with Crippen LogP contribution >= 0.6 is 0 Å². The lowest BCUT2D eigenvalue weighted by Gasteiger charge is -2.37. The van der Waals surface area contributed by atoms with E-state index in [9.17, 15) is 0 Å². The fourth-order valence-corrected chi connectivity index (χ4v) is 7.39. The summed E-state index contributed by atoms with van der Waals surface area (Å²) in [4.78, 5) is 0. The smallest absolute Gasteiger partial charge is 0.374 e. The first-order valence-electron chi connectivity index (χ1n) is 7.53. The van der Waals surface area contributed by atoms with Crippen LogP contribution in [-0.4, -0.2) is 20.8 Å². The van der Waals surface area contributed by atoms with Crippen LogP contribution in [0.15, 0.2) is 23.9 Å². The van der Waals surface area contributed by atoms with E-state index in [-0.39, 0.29) is 11.1 Å². The zero-order valence-electron chi connectivity index (χ0n) is 13.0. The van der Waals surface area contributed by atoms with Gasteiger partial charge >= 0.3 is 8.56 Å². The van der Waals surface area contributed by atoms with Gasteiger partial charge < -0.3 is 8.85 Å². The molecule has 2 aliphatic heterocycles. The van der Waals surface area contributed by atoms with Gasteiger partial charge in [0.15, 0.2) is 0 Å². The first kappa shape index (κ1) is 15.0. The number of hydrogen-bond acceptors (Lipinski definition) is 2. The minimum absolute atomic E-state index is 0.0942. The lowest BCUT2D eigenvalue weighted by Crippen LogP contribution is -2.49. The summed E-state index contributed by atoms with van der Waals surface area (Å²) in [6, 6.07) is 0. The number of hydrogen-bond donors (Lipinski definition) is 0. The lowest BCUT2D eigenvalue weighted by molar-refractivity contribution is 0.0952. The first-order chi connectivity index (χ1) is 8.84. The molecule has 2 rings (SSSR count). The van der Waals surface area contributed by atoms with Crippen LogP contribution < -0.4 is 0 Å². The summed E-state index contributed by atoms with van der Waals surface area (Å²) >= 11 is 0. The molecule has 1 fully saturated rings. The van der Waals surface area contributed by atoms with Crippen molar-refractivity contribution in [2.24, 2.45) is 5.92 Å². The van der Waals surface area contributed by atoms with Gasteiger partial charge in [-0.1, -0.05) is 53.2 Å². The van der Waals surface area contributed by atoms with Gasteiger partial charge in [0.05, 0.1) is 12.2 Å². The highest BCUT2D eigenvalue weighted by Crippen LogP contribution is 2.53. The second-order valence-electron chi connectivity index (χ2n) is 6.97. The molecule has 0 unspecified atom stereocenters. The van der Waals surface area contributed by atoms with Crippen molar-refractivity contribution in [3.63, 3.8) is 0 Å². The van der Waals surface area contributed by atoms with E-state index in [1.54, 1.807) is 0 Å². The summed E-state index contributed by atoms with van der Waals surface area (Å²) in [6.45, 7) is 15.1. The predicted molar refractivity (Wildman–Crippen MR) is 82.2 cm³/mol. The number of rotatable bonds is 4. The molecule has 0 radical (unpaired) electrons. The van der Waals surface area contributed by atoms with Crippen LogP contribution in [0.2, 0.25) is 5.04 Å². The van der Waals surface area contributed by atoms with Crippen molar-refractivity contribution in [1.29, 1.82) is 0 Å². The standard InChI is InChI=1S/C16H28O2Si/c1-7-9-13-10-14-11-15(12(3)8-2)18-19(14,17-13)16(4,5)6/h8,11-13,15H,2,7,9-10H2,1,3-6H3/t12-,13+,15+,19+/m0/s1. The van der Waals surface area contributed by atoms with Gasteiger partial charge in [-0.25, -0.2) is 0 Å². The van der Waals surface area contributed by atoms with E-state index in [0.29, 0.717) is 12.0 Å². The van der Waals surface area contributed by atoms with Crippen molar-refractivity contribution in [1.82, 2.24) is 0 Å². The van der Waals surface area contributed by atoms with E-state index in [4.69, 9.17) is 8.85 Å². The molecule has 3 heteroatoms. The van der Waals surface area contributed by atoms with Gasteiger partial charge in [0.25, 0.3) is 0 Å². The third-order valence-electron chi connectivity index (χ3n) is 4.36. The van der Waals surface area contributed by atoms with Gasteiger partial charge in [-0.05, 0) is 18.0 Å². The Morgan fingerprint density at radius 2 is 2.16 bits per heavy atom. The summed E-state index contributed by atoms with van der Waals surface area (Å²) in [6.07, 6.45) is 8.28. The molecule has 2 heterocycles. The Labute approximate surface area is 119 Å². The minimum Gasteiger partial charge on any atom is -0.387 e. The Bertz CT molecular complexity index is 383. The summed E-state index contributed by atoms with van der Waals surface area (Å²) in [5.74, 6) is 0.359. The quantitative estimate of drug-likeness (QED) is 0.557. The monoisotopic (exact) mass is 280 g/mol. The van der Waals surface area contributed by atoms with Crippen molar-refractivity contribution in [3.05, 3.63) is 23.9 Å². The molecule has 108 valence electrons. The fourth-order valence-electron chi connectivity index (χ4n) is 3.15. The van der Waals surface area contributed by atoms with E-state index in [0.717, 1.165) is 12.8 Å². The Balaban J connectivity index is 2.27. The Morgan fingerprint density at radius 3 is 2.63 bits per heavy atom. The van der Waals surface area contributed by atoms with Gasteiger partial charge in [-0.15, -0.1) is 6.58 Å². The van der Waals surface area contributed by atoms with Crippen molar-refractivity contribution in [2.45, 2.75) is 71.1 Å². The predicted octanol–water partition coefficient (Wildman–Crippen LogP) is 4.50. The van der Waals surface area contributed by atoms with Crippen molar-refractivity contribution < 1.29 is 8.85 Å². The highest BCUT2D eigenvalue weighted by Gasteiger charge is 2.61. The SMILES string of the molecule is C=C[C@H](C)[C@H]1C=C2C[C@@H](CCC)O[Si@@]2(C(C)(C)C)O1. The molecule has 2 nitrogen and oxygen atoms in total. The minimum atomic E-state index is -2.23. The molecule has 1 saturated heterocycles. The number of fused-ring (bicyclic) bond motifs is 1. The van der Waals surface area contributed by atoms with Crippen LogP contribution in [0, 0.1) is 5.92 Å². The zero-order valence-corrected chi connectivity index (χ0v) is 14.0. The van der Waals surface area contributed by atoms with E-state index in [1.807, 2.05) is 6.08 Å². The largest absolute Gasteiger partial charge is 0.387 e. The van der Waals surface area contributed by atoms with Gasteiger partial charge in [0.1, 0.15) is 0 Å². The molecule has 0 aromatic heterocycles. The second kappa shape index (κ2) is 5.19. The van der Waals surface area contributed by atoms with E-state index >= 15 is 0 Å². The molecule has 0 aromatic rings. The molecule has 0 spiro atoms. The van der Waals surface area contributed by atoms with Crippen LogP contribution in [-0.2, 0) is 8.85 Å². The Kier molecular flexibility index (Phi) is 4.10. The van der Waals surface area contributed by atoms with Gasteiger partial charge in [0.2, 0.25) is 0 Å². The second-order valence-corrected chi connectivity index (χ2v) is 10.8. The third kappa shape index (κ3) is 2.48. The topological polar surface area (TPSA) is 18.5 Å². The molecule has 0 saturated carbocycles. The Morgan fingerprint density at radius 1 is 1.47 bits per heavy atom. The molecule has 0 bridgehead atoms. The maximum Gasteiger partial charge on any atom is 0.374 e. The summed E-state index contributed by atoms with van der Waals surface area (Å²) in [5.41, 5.74) is 0. The molecule has 19 heavy (non-hydrogen) atoms. The maximum atomic E-state index is 6.52. The van der Waals surface area contributed by atoms with Crippen molar-refractivity contribution in [3.8, 4) is 0 Å². The van der Waals surface area contributed by atoms with E-state index in [2.05, 4.69) is 47.3 Å². The average molecular weight is 280 g/mol. The highest BCUT2D eigenvalue weighted by atomic mass is 28.4. The van der Waals surface area contributed by atoms with E-state index in [1.165, 1.54) is 11.6 Å². The molecule has 0 N–H and O–H groups in total. The lowest BCUT2D eigenvalue weighted by atomic mass is 10.0. The highest BCUT2D eigenvalue weighted by molar-refractivity contribution is 6.79. The van der Waals surface area contributed by atoms with Crippen molar-refractivity contribution >= 4 is 8.56 Å².